The van der Waals surface area contributed by atoms with Crippen LogP contribution in [0.15, 0.2) is 229 Å². The summed E-state index contributed by atoms with van der Waals surface area (Å²) < 4.78 is 7.20. The Bertz CT molecular complexity index is 3880. The summed E-state index contributed by atoms with van der Waals surface area (Å²) in [4.78, 5) is 2.43. The molecule has 0 radical (unpaired) electrons. The van der Waals surface area contributed by atoms with Gasteiger partial charge in [0.2, 0.25) is 0 Å². The summed E-state index contributed by atoms with van der Waals surface area (Å²) in [6.45, 7) is 0. The Morgan fingerprint density at radius 2 is 0.823 bits per heavy atom. The van der Waals surface area contributed by atoms with Gasteiger partial charge in [0.15, 0.2) is 0 Å². The van der Waals surface area contributed by atoms with Crippen LogP contribution >= 0.6 is 0 Å². The lowest BCUT2D eigenvalue weighted by atomic mass is 9.89. The molecule has 0 bridgehead atoms. The van der Waals surface area contributed by atoms with Gasteiger partial charge in [-0.3, -0.25) is 0 Å². The Kier molecular flexibility index (Phi) is 7.64. The molecule has 0 spiro atoms. The highest BCUT2D eigenvalue weighted by Gasteiger charge is 2.24. The molecule has 62 heavy (non-hydrogen) atoms. The number of nitrogens with zero attached hydrogens (tertiary/aromatic N) is 1. The van der Waals surface area contributed by atoms with E-state index in [1.807, 2.05) is 0 Å². The molecule has 1 heterocycles. The molecule has 0 atom stereocenters. The Morgan fingerprint density at radius 3 is 1.52 bits per heavy atom. The second-order valence-corrected chi connectivity index (χ2v) is 16.4. The third kappa shape index (κ3) is 5.23. The lowest BCUT2D eigenvalue weighted by Gasteiger charge is -2.27. The summed E-state index contributed by atoms with van der Waals surface area (Å²) >= 11 is 0. The SMILES string of the molecule is c1ccc(-c2ccc(N(c3ccc4c5ccccc5c5ccccc5c4c3)c3cccc4oc5c(-c6cc7ccccc7c7ccccc67)c6ccccc6cc5c34)cc2)cc1. The smallest absolute Gasteiger partial charge is 0.143 e. The maximum Gasteiger partial charge on any atom is 0.143 e. The van der Waals surface area contributed by atoms with Crippen molar-refractivity contribution in [1.29, 1.82) is 0 Å². The number of furan rings is 1. The quantitative estimate of drug-likeness (QED) is 0.162. The highest BCUT2D eigenvalue weighted by molar-refractivity contribution is 6.27. The third-order valence-corrected chi connectivity index (χ3v) is 13.0. The first-order chi connectivity index (χ1) is 30.8. The monoisotopic (exact) mass is 787 g/mol. The van der Waals surface area contributed by atoms with Crippen LogP contribution in [0.4, 0.5) is 17.1 Å². The van der Waals surface area contributed by atoms with Gasteiger partial charge >= 0.3 is 0 Å². The van der Waals surface area contributed by atoms with Gasteiger partial charge in [-0.1, -0.05) is 176 Å². The van der Waals surface area contributed by atoms with E-state index in [-0.39, 0.29) is 0 Å². The standard InChI is InChI=1S/C60H37NO/c1-2-15-38(16-3-1)39-29-31-42(32-30-39)61(43-33-34-52-49-24-10-9-22-47(49)48-23-11-12-25-50(48)53(52)37-43)56-27-14-28-57-59(56)55-36-41-18-5-7-20-45(41)58(60(55)62-57)54-35-40-17-4-6-19-44(40)46-21-8-13-26-51(46)54/h1-37H. The fraction of sp³-hybridized carbons (Fsp3) is 0. The maximum atomic E-state index is 7.20. The zero-order chi connectivity index (χ0) is 40.7. The lowest BCUT2D eigenvalue weighted by Crippen LogP contribution is -2.10. The Hall–Kier alpha value is -8.20. The van der Waals surface area contributed by atoms with Crippen LogP contribution < -0.4 is 4.90 Å². The van der Waals surface area contributed by atoms with E-state index < -0.39 is 0 Å². The number of fused-ring (bicyclic) bond motifs is 13. The molecule has 0 saturated heterocycles. The van der Waals surface area contributed by atoms with Crippen LogP contribution in [0.5, 0.6) is 0 Å². The second kappa shape index (κ2) is 13.7. The van der Waals surface area contributed by atoms with Crippen LogP contribution in [0.2, 0.25) is 0 Å². The van der Waals surface area contributed by atoms with E-state index in [0.717, 1.165) is 44.6 Å². The van der Waals surface area contributed by atoms with E-state index in [4.69, 9.17) is 4.42 Å². The third-order valence-electron chi connectivity index (χ3n) is 13.0. The minimum atomic E-state index is 0.849. The van der Waals surface area contributed by atoms with Crippen LogP contribution in [0.3, 0.4) is 0 Å². The van der Waals surface area contributed by atoms with E-state index in [1.165, 1.54) is 81.3 Å². The molecular weight excluding hydrogens is 751 g/mol. The Balaban J connectivity index is 1.12. The highest BCUT2D eigenvalue weighted by Crippen LogP contribution is 2.49. The van der Waals surface area contributed by atoms with Crippen LogP contribution in [0.25, 0.3) is 109 Å². The van der Waals surface area contributed by atoms with Crippen LogP contribution in [-0.4, -0.2) is 0 Å². The van der Waals surface area contributed by atoms with E-state index >= 15 is 0 Å². The van der Waals surface area contributed by atoms with Crippen LogP contribution in [0, 0.1) is 0 Å². The summed E-state index contributed by atoms with van der Waals surface area (Å²) in [6.07, 6.45) is 0. The first-order valence-electron chi connectivity index (χ1n) is 21.3. The van der Waals surface area contributed by atoms with E-state index in [9.17, 15) is 0 Å². The van der Waals surface area contributed by atoms with Crippen molar-refractivity contribution in [3.63, 3.8) is 0 Å². The first-order valence-corrected chi connectivity index (χ1v) is 21.3. The van der Waals surface area contributed by atoms with Crippen molar-refractivity contribution in [3.8, 4) is 22.3 Å². The molecule has 13 rings (SSSR count). The predicted octanol–water partition coefficient (Wildman–Crippen LogP) is 17.3. The fourth-order valence-electron chi connectivity index (χ4n) is 10.2. The molecule has 12 aromatic carbocycles. The Labute approximate surface area is 358 Å². The molecular formula is C60H37NO. The predicted molar refractivity (Wildman–Crippen MR) is 264 cm³/mol. The average Bonchev–Trinajstić information content (AvgIpc) is 3.72. The van der Waals surface area contributed by atoms with Crippen molar-refractivity contribution >= 4 is 104 Å². The maximum absolute atomic E-state index is 7.20. The van der Waals surface area contributed by atoms with Crippen molar-refractivity contribution in [3.05, 3.63) is 224 Å². The van der Waals surface area contributed by atoms with Crippen LogP contribution in [-0.2, 0) is 0 Å². The molecule has 0 aliphatic rings. The summed E-state index contributed by atoms with van der Waals surface area (Å²) in [7, 11) is 0. The van der Waals surface area contributed by atoms with Crippen molar-refractivity contribution in [1.82, 2.24) is 0 Å². The minimum absolute atomic E-state index is 0.849. The number of hydrogen-bond donors (Lipinski definition) is 0. The highest BCUT2D eigenvalue weighted by atomic mass is 16.3. The molecule has 13 aromatic rings. The molecule has 0 unspecified atom stereocenters. The molecule has 2 heteroatoms. The minimum Gasteiger partial charge on any atom is -0.455 e. The molecule has 1 aromatic heterocycles. The van der Waals surface area contributed by atoms with E-state index in [2.05, 4.69) is 229 Å². The summed E-state index contributed by atoms with van der Waals surface area (Å²) in [5, 5.41) is 16.9. The van der Waals surface area contributed by atoms with Gasteiger partial charge in [-0.05, 0) is 130 Å². The van der Waals surface area contributed by atoms with Gasteiger partial charge in [0, 0.05) is 22.3 Å². The largest absolute Gasteiger partial charge is 0.455 e. The molecule has 0 aliphatic carbocycles. The van der Waals surface area contributed by atoms with E-state index in [0.29, 0.717) is 0 Å². The molecule has 0 N–H and O–H groups in total. The molecule has 0 saturated carbocycles. The summed E-state index contributed by atoms with van der Waals surface area (Å²) in [5.74, 6) is 0. The van der Waals surface area contributed by atoms with Gasteiger partial charge in [0.05, 0.1) is 11.1 Å². The molecule has 0 aliphatic heterocycles. The normalized spacial score (nSPS) is 11.9. The average molecular weight is 788 g/mol. The topological polar surface area (TPSA) is 16.4 Å². The zero-order valence-corrected chi connectivity index (χ0v) is 33.7. The Morgan fingerprint density at radius 1 is 0.306 bits per heavy atom. The van der Waals surface area contributed by atoms with Gasteiger partial charge in [0.25, 0.3) is 0 Å². The molecule has 0 fully saturated rings. The summed E-state index contributed by atoms with van der Waals surface area (Å²) in [5.41, 5.74) is 9.60. The fourth-order valence-corrected chi connectivity index (χ4v) is 10.2. The first kappa shape index (κ1) is 34.6. The van der Waals surface area contributed by atoms with E-state index in [1.54, 1.807) is 0 Å². The second-order valence-electron chi connectivity index (χ2n) is 16.4. The van der Waals surface area contributed by atoms with Crippen molar-refractivity contribution in [2.45, 2.75) is 0 Å². The van der Waals surface area contributed by atoms with Gasteiger partial charge in [-0.25, -0.2) is 0 Å². The van der Waals surface area contributed by atoms with Gasteiger partial charge < -0.3 is 9.32 Å². The van der Waals surface area contributed by atoms with Gasteiger partial charge in [-0.15, -0.1) is 0 Å². The summed E-state index contributed by atoms with van der Waals surface area (Å²) in [6, 6.07) is 81.7. The number of anilines is 3. The number of benzene rings is 12. The lowest BCUT2D eigenvalue weighted by molar-refractivity contribution is 0.670. The molecule has 0 amide bonds. The number of rotatable bonds is 5. The number of hydrogen-bond acceptors (Lipinski definition) is 2. The van der Waals surface area contributed by atoms with Gasteiger partial charge in [0.1, 0.15) is 11.2 Å². The molecule has 2 nitrogen and oxygen atoms in total. The zero-order valence-electron chi connectivity index (χ0n) is 33.7. The molecule has 288 valence electrons. The van der Waals surface area contributed by atoms with Crippen molar-refractivity contribution < 1.29 is 4.42 Å². The van der Waals surface area contributed by atoms with Crippen molar-refractivity contribution in [2.24, 2.45) is 0 Å². The van der Waals surface area contributed by atoms with Crippen LogP contribution in [0.1, 0.15) is 0 Å². The van der Waals surface area contributed by atoms with Gasteiger partial charge in [-0.2, -0.15) is 0 Å². The van der Waals surface area contributed by atoms with Crippen molar-refractivity contribution in [2.75, 3.05) is 4.90 Å².